The molecule has 0 spiro atoms. The third kappa shape index (κ3) is 3.16. The maximum Gasteiger partial charge on any atom is 0.257 e. The molecule has 0 bridgehead atoms. The first-order valence-corrected chi connectivity index (χ1v) is 7.85. The number of benzene rings is 1. The van der Waals surface area contributed by atoms with Gasteiger partial charge in [-0.2, -0.15) is 0 Å². The van der Waals surface area contributed by atoms with E-state index in [0.717, 1.165) is 5.56 Å². The molecular weight excluding hydrogens is 292 g/mol. The average Bonchev–Trinajstić information content (AvgIpc) is 3.04. The van der Waals surface area contributed by atoms with Crippen molar-refractivity contribution in [1.82, 2.24) is 4.90 Å². The standard InChI is InChI=1S/C18H22N2O3/c1-12-5-3-4-6-16(12)17-9-20(13(2)10-23-17)18(21)14-7-15(8-19)22-11-14/h3-7,11,13,17H,8-10,19H2,1-2H3. The normalized spacial score (nSPS) is 21.4. The van der Waals surface area contributed by atoms with E-state index in [1.54, 1.807) is 6.07 Å². The number of carbonyl (C=O) groups excluding carboxylic acids is 1. The van der Waals surface area contributed by atoms with Crippen LogP contribution < -0.4 is 5.73 Å². The number of hydrogen-bond donors (Lipinski definition) is 1. The highest BCUT2D eigenvalue weighted by molar-refractivity contribution is 5.94. The fourth-order valence-corrected chi connectivity index (χ4v) is 2.94. The van der Waals surface area contributed by atoms with Crippen molar-refractivity contribution in [2.45, 2.75) is 32.5 Å². The van der Waals surface area contributed by atoms with E-state index in [9.17, 15) is 4.79 Å². The molecule has 2 heterocycles. The van der Waals surface area contributed by atoms with E-state index >= 15 is 0 Å². The van der Waals surface area contributed by atoms with Crippen LogP contribution in [-0.4, -0.2) is 30.0 Å². The monoisotopic (exact) mass is 314 g/mol. The van der Waals surface area contributed by atoms with Gasteiger partial charge in [-0.15, -0.1) is 0 Å². The Hall–Kier alpha value is -2.11. The number of furan rings is 1. The van der Waals surface area contributed by atoms with Gasteiger partial charge in [-0.25, -0.2) is 0 Å². The molecule has 5 nitrogen and oxygen atoms in total. The van der Waals surface area contributed by atoms with Crippen LogP contribution in [0.2, 0.25) is 0 Å². The topological polar surface area (TPSA) is 68.7 Å². The molecule has 2 unspecified atom stereocenters. The number of nitrogens with two attached hydrogens (primary N) is 1. The summed E-state index contributed by atoms with van der Waals surface area (Å²) in [5.41, 5.74) is 8.40. The Kier molecular flexibility index (Phi) is 4.50. The van der Waals surface area contributed by atoms with Crippen LogP contribution in [-0.2, 0) is 11.3 Å². The van der Waals surface area contributed by atoms with Crippen LogP contribution in [0.4, 0.5) is 0 Å². The number of carbonyl (C=O) groups is 1. The van der Waals surface area contributed by atoms with Gasteiger partial charge >= 0.3 is 0 Å². The first-order chi connectivity index (χ1) is 11.1. The summed E-state index contributed by atoms with van der Waals surface area (Å²) in [4.78, 5) is 14.6. The van der Waals surface area contributed by atoms with Gasteiger partial charge in [-0.05, 0) is 31.0 Å². The Morgan fingerprint density at radius 3 is 2.87 bits per heavy atom. The van der Waals surface area contributed by atoms with Gasteiger partial charge in [0.2, 0.25) is 0 Å². The molecule has 122 valence electrons. The Morgan fingerprint density at radius 2 is 2.17 bits per heavy atom. The van der Waals surface area contributed by atoms with Crippen molar-refractivity contribution in [3.8, 4) is 0 Å². The van der Waals surface area contributed by atoms with E-state index in [0.29, 0.717) is 24.5 Å². The molecule has 3 rings (SSSR count). The van der Waals surface area contributed by atoms with Crippen LogP contribution >= 0.6 is 0 Å². The molecule has 0 saturated carbocycles. The fourth-order valence-electron chi connectivity index (χ4n) is 2.94. The maximum absolute atomic E-state index is 12.8. The third-order valence-corrected chi connectivity index (χ3v) is 4.33. The van der Waals surface area contributed by atoms with E-state index in [1.807, 2.05) is 24.0 Å². The summed E-state index contributed by atoms with van der Waals surface area (Å²) >= 11 is 0. The van der Waals surface area contributed by atoms with Crippen molar-refractivity contribution in [1.29, 1.82) is 0 Å². The lowest BCUT2D eigenvalue weighted by atomic mass is 10.0. The molecule has 23 heavy (non-hydrogen) atoms. The van der Waals surface area contributed by atoms with Crippen molar-refractivity contribution < 1.29 is 13.9 Å². The van der Waals surface area contributed by atoms with E-state index in [4.69, 9.17) is 14.9 Å². The van der Waals surface area contributed by atoms with E-state index in [-0.39, 0.29) is 24.6 Å². The molecule has 2 N–H and O–H groups in total. The van der Waals surface area contributed by atoms with E-state index in [2.05, 4.69) is 19.1 Å². The summed E-state index contributed by atoms with van der Waals surface area (Å²) in [5, 5.41) is 0. The number of rotatable bonds is 3. The Labute approximate surface area is 136 Å². The molecule has 1 aromatic carbocycles. The molecule has 2 aromatic rings. The molecular formula is C18H22N2O3. The van der Waals surface area contributed by atoms with E-state index in [1.165, 1.54) is 11.8 Å². The molecule has 0 aliphatic carbocycles. The van der Waals surface area contributed by atoms with Crippen molar-refractivity contribution >= 4 is 5.91 Å². The van der Waals surface area contributed by atoms with E-state index < -0.39 is 0 Å². The van der Waals surface area contributed by atoms with Gasteiger partial charge in [0.25, 0.3) is 5.91 Å². The summed E-state index contributed by atoms with van der Waals surface area (Å²) in [6.45, 7) is 5.40. The second-order valence-electron chi connectivity index (χ2n) is 5.99. The lowest BCUT2D eigenvalue weighted by molar-refractivity contribution is -0.0489. The van der Waals surface area contributed by atoms with Crippen molar-refractivity contribution in [2.75, 3.05) is 13.2 Å². The highest BCUT2D eigenvalue weighted by Crippen LogP contribution is 2.28. The number of aryl methyl sites for hydroxylation is 1. The number of morpholine rings is 1. The zero-order valence-corrected chi connectivity index (χ0v) is 13.5. The highest BCUT2D eigenvalue weighted by atomic mass is 16.5. The Bertz CT molecular complexity index is 695. The number of amides is 1. The van der Waals surface area contributed by atoms with Crippen LogP contribution in [0.3, 0.4) is 0 Å². The van der Waals surface area contributed by atoms with Gasteiger partial charge in [-0.3, -0.25) is 4.79 Å². The molecule has 1 saturated heterocycles. The minimum Gasteiger partial charge on any atom is -0.467 e. The zero-order chi connectivity index (χ0) is 16.4. The molecule has 2 atom stereocenters. The lowest BCUT2D eigenvalue weighted by Crippen LogP contribution is -2.48. The summed E-state index contributed by atoms with van der Waals surface area (Å²) in [5.74, 6) is 0.576. The summed E-state index contributed by atoms with van der Waals surface area (Å²) < 4.78 is 11.3. The molecule has 1 aromatic heterocycles. The predicted octanol–water partition coefficient (Wildman–Crippen LogP) is 2.65. The second kappa shape index (κ2) is 6.56. The Balaban J connectivity index is 1.81. The van der Waals surface area contributed by atoms with Crippen LogP contribution in [0.15, 0.2) is 41.0 Å². The van der Waals surface area contributed by atoms with Crippen molar-refractivity contribution in [3.63, 3.8) is 0 Å². The molecule has 1 aliphatic heterocycles. The third-order valence-electron chi connectivity index (χ3n) is 4.33. The predicted molar refractivity (Wildman–Crippen MR) is 87.0 cm³/mol. The maximum atomic E-state index is 12.8. The van der Waals surface area contributed by atoms with Crippen LogP contribution in [0, 0.1) is 6.92 Å². The lowest BCUT2D eigenvalue weighted by Gasteiger charge is -2.38. The first kappa shape index (κ1) is 15.8. The van der Waals surface area contributed by atoms with Gasteiger partial charge in [0, 0.05) is 0 Å². The summed E-state index contributed by atoms with van der Waals surface area (Å²) in [7, 11) is 0. The average molecular weight is 314 g/mol. The van der Waals surface area contributed by atoms with Crippen LogP contribution in [0.25, 0.3) is 0 Å². The zero-order valence-electron chi connectivity index (χ0n) is 13.5. The van der Waals surface area contributed by atoms with Crippen LogP contribution in [0.1, 0.15) is 40.3 Å². The molecule has 5 heteroatoms. The molecule has 1 aliphatic rings. The summed E-state index contributed by atoms with van der Waals surface area (Å²) in [6.07, 6.45) is 1.38. The molecule has 0 radical (unpaired) electrons. The first-order valence-electron chi connectivity index (χ1n) is 7.85. The number of ether oxygens (including phenoxy) is 1. The van der Waals surface area contributed by atoms with Gasteiger partial charge < -0.3 is 19.8 Å². The van der Waals surface area contributed by atoms with Crippen molar-refractivity contribution in [3.05, 3.63) is 59.0 Å². The SMILES string of the molecule is Cc1ccccc1C1CN(C(=O)c2coc(CN)c2)C(C)CO1. The molecule has 1 fully saturated rings. The van der Waals surface area contributed by atoms with Gasteiger partial charge in [0.05, 0.1) is 31.3 Å². The quantitative estimate of drug-likeness (QED) is 0.945. The second-order valence-corrected chi connectivity index (χ2v) is 5.99. The van der Waals surface area contributed by atoms with Gasteiger partial charge in [0.1, 0.15) is 18.1 Å². The van der Waals surface area contributed by atoms with Crippen LogP contribution in [0.5, 0.6) is 0 Å². The minimum atomic E-state index is -0.0998. The largest absolute Gasteiger partial charge is 0.467 e. The number of hydrogen-bond acceptors (Lipinski definition) is 4. The fraction of sp³-hybridized carbons (Fsp3) is 0.389. The highest BCUT2D eigenvalue weighted by Gasteiger charge is 2.32. The smallest absolute Gasteiger partial charge is 0.257 e. The Morgan fingerprint density at radius 1 is 1.39 bits per heavy atom. The minimum absolute atomic E-state index is 0.0268. The summed E-state index contributed by atoms with van der Waals surface area (Å²) in [6, 6.07) is 9.87. The number of nitrogens with zero attached hydrogens (tertiary/aromatic N) is 1. The van der Waals surface area contributed by atoms with Gasteiger partial charge in [-0.1, -0.05) is 24.3 Å². The molecule has 1 amide bonds. The van der Waals surface area contributed by atoms with Crippen molar-refractivity contribution in [2.24, 2.45) is 5.73 Å². The van der Waals surface area contributed by atoms with Gasteiger partial charge in [0.15, 0.2) is 0 Å².